The monoisotopic (exact) mass is 241 g/mol. The summed E-state index contributed by atoms with van der Waals surface area (Å²) in [4.78, 5) is 5.91. The number of aromatic nitrogens is 1. The minimum absolute atomic E-state index is 0.350. The molecular formula is C15H19N3. The van der Waals surface area contributed by atoms with Crippen molar-refractivity contribution in [2.45, 2.75) is 6.04 Å². The lowest BCUT2D eigenvalue weighted by Gasteiger charge is -2.34. The number of rotatable bonds is 3. The molecule has 0 amide bonds. The van der Waals surface area contributed by atoms with Crippen LogP contribution in [-0.4, -0.2) is 36.1 Å². The van der Waals surface area contributed by atoms with Crippen molar-refractivity contribution >= 4 is 0 Å². The molecule has 18 heavy (non-hydrogen) atoms. The van der Waals surface area contributed by atoms with E-state index in [1.807, 2.05) is 6.20 Å². The molecule has 2 N–H and O–H groups in total. The summed E-state index contributed by atoms with van der Waals surface area (Å²) in [5, 5.41) is 3.41. The van der Waals surface area contributed by atoms with Gasteiger partial charge in [-0.2, -0.15) is 0 Å². The van der Waals surface area contributed by atoms with Crippen LogP contribution in [0.4, 0.5) is 0 Å². The number of hydrogen-bond donors (Lipinski definition) is 2. The number of aromatic amines is 1. The second-order valence-corrected chi connectivity index (χ2v) is 4.72. The van der Waals surface area contributed by atoms with E-state index in [1.54, 1.807) is 0 Å². The van der Waals surface area contributed by atoms with Gasteiger partial charge < -0.3 is 10.3 Å². The van der Waals surface area contributed by atoms with E-state index in [9.17, 15) is 0 Å². The smallest absolute Gasteiger partial charge is 0.0754 e. The van der Waals surface area contributed by atoms with E-state index in [0.717, 1.165) is 26.2 Å². The first-order chi connectivity index (χ1) is 8.95. The summed E-state index contributed by atoms with van der Waals surface area (Å²) >= 11 is 0. The lowest BCUT2D eigenvalue weighted by Crippen LogP contribution is -2.45. The van der Waals surface area contributed by atoms with E-state index in [1.165, 1.54) is 11.3 Å². The Kier molecular flexibility index (Phi) is 3.44. The van der Waals surface area contributed by atoms with Gasteiger partial charge in [-0.15, -0.1) is 0 Å². The molecule has 0 aliphatic carbocycles. The Bertz CT molecular complexity index is 458. The molecule has 3 heteroatoms. The number of hydrogen-bond acceptors (Lipinski definition) is 2. The van der Waals surface area contributed by atoms with Crippen molar-refractivity contribution < 1.29 is 0 Å². The molecule has 2 aromatic rings. The van der Waals surface area contributed by atoms with Crippen LogP contribution in [-0.2, 0) is 0 Å². The zero-order chi connectivity index (χ0) is 12.2. The second-order valence-electron chi connectivity index (χ2n) is 4.72. The molecule has 0 spiro atoms. The van der Waals surface area contributed by atoms with Crippen LogP contribution < -0.4 is 5.32 Å². The summed E-state index contributed by atoms with van der Waals surface area (Å²) in [6, 6.07) is 15.4. The van der Waals surface area contributed by atoms with Crippen molar-refractivity contribution in [2.75, 3.05) is 26.2 Å². The van der Waals surface area contributed by atoms with Gasteiger partial charge >= 0.3 is 0 Å². The van der Waals surface area contributed by atoms with Crippen LogP contribution in [0.1, 0.15) is 17.3 Å². The van der Waals surface area contributed by atoms with Gasteiger partial charge in [0.2, 0.25) is 0 Å². The van der Waals surface area contributed by atoms with Crippen LogP contribution in [0.5, 0.6) is 0 Å². The minimum atomic E-state index is 0.350. The van der Waals surface area contributed by atoms with Gasteiger partial charge in [-0.1, -0.05) is 30.3 Å². The number of H-pyrrole nitrogens is 1. The molecular weight excluding hydrogens is 222 g/mol. The van der Waals surface area contributed by atoms with Crippen molar-refractivity contribution in [3.63, 3.8) is 0 Å². The average Bonchev–Trinajstić information content (AvgIpc) is 2.95. The molecule has 3 nitrogen and oxygen atoms in total. The maximum absolute atomic E-state index is 3.41. The van der Waals surface area contributed by atoms with E-state index in [2.05, 4.69) is 57.7 Å². The molecule has 1 fully saturated rings. The van der Waals surface area contributed by atoms with Gasteiger partial charge in [-0.25, -0.2) is 0 Å². The first-order valence-corrected chi connectivity index (χ1v) is 6.58. The zero-order valence-electron chi connectivity index (χ0n) is 10.5. The first kappa shape index (κ1) is 11.5. The molecule has 1 atom stereocenters. The van der Waals surface area contributed by atoms with Crippen molar-refractivity contribution in [2.24, 2.45) is 0 Å². The highest BCUT2D eigenvalue weighted by Crippen LogP contribution is 2.27. The molecule has 3 rings (SSSR count). The van der Waals surface area contributed by atoms with Crippen LogP contribution in [0.25, 0.3) is 0 Å². The van der Waals surface area contributed by atoms with Crippen molar-refractivity contribution in [3.05, 3.63) is 59.9 Å². The number of nitrogens with one attached hydrogen (secondary N) is 2. The Labute approximate surface area is 108 Å². The van der Waals surface area contributed by atoms with Gasteiger partial charge in [0.05, 0.1) is 6.04 Å². The summed E-state index contributed by atoms with van der Waals surface area (Å²) < 4.78 is 0. The molecule has 1 saturated heterocycles. The van der Waals surface area contributed by atoms with Gasteiger partial charge in [0.1, 0.15) is 0 Å². The fraction of sp³-hybridized carbons (Fsp3) is 0.333. The molecule has 1 aromatic carbocycles. The normalized spacial score (nSPS) is 18.7. The summed E-state index contributed by atoms with van der Waals surface area (Å²) in [7, 11) is 0. The number of benzene rings is 1. The predicted octanol–water partition coefficient (Wildman–Crippen LogP) is 2.01. The van der Waals surface area contributed by atoms with Gasteiger partial charge in [0.15, 0.2) is 0 Å². The van der Waals surface area contributed by atoms with E-state index in [-0.39, 0.29) is 0 Å². The molecule has 1 aliphatic heterocycles. The Balaban J connectivity index is 1.93. The Hall–Kier alpha value is -1.58. The fourth-order valence-electron chi connectivity index (χ4n) is 2.68. The van der Waals surface area contributed by atoms with Gasteiger partial charge in [0.25, 0.3) is 0 Å². The number of piperazine rings is 1. The molecule has 94 valence electrons. The van der Waals surface area contributed by atoms with Crippen molar-refractivity contribution in [1.82, 2.24) is 15.2 Å². The van der Waals surface area contributed by atoms with Crippen LogP contribution in [0.3, 0.4) is 0 Å². The van der Waals surface area contributed by atoms with E-state index < -0.39 is 0 Å². The van der Waals surface area contributed by atoms with Crippen LogP contribution >= 0.6 is 0 Å². The van der Waals surface area contributed by atoms with Gasteiger partial charge in [-0.3, -0.25) is 4.90 Å². The van der Waals surface area contributed by atoms with Crippen molar-refractivity contribution in [1.29, 1.82) is 0 Å². The zero-order valence-corrected chi connectivity index (χ0v) is 10.5. The van der Waals surface area contributed by atoms with E-state index in [4.69, 9.17) is 0 Å². The Morgan fingerprint density at radius 1 is 0.944 bits per heavy atom. The lowest BCUT2D eigenvalue weighted by atomic mass is 10.0. The SMILES string of the molecule is c1ccc(C(c2ccc[nH]2)N2CCNCC2)cc1. The topological polar surface area (TPSA) is 31.1 Å². The average molecular weight is 241 g/mol. The molecule has 2 heterocycles. The van der Waals surface area contributed by atoms with Gasteiger partial charge in [-0.05, 0) is 17.7 Å². The van der Waals surface area contributed by atoms with Crippen LogP contribution in [0.2, 0.25) is 0 Å². The highest BCUT2D eigenvalue weighted by molar-refractivity contribution is 5.28. The lowest BCUT2D eigenvalue weighted by molar-refractivity contribution is 0.196. The maximum Gasteiger partial charge on any atom is 0.0754 e. The summed E-state index contributed by atoms with van der Waals surface area (Å²) in [5.74, 6) is 0. The maximum atomic E-state index is 3.41. The quantitative estimate of drug-likeness (QED) is 0.861. The summed E-state index contributed by atoms with van der Waals surface area (Å²) in [5.41, 5.74) is 2.64. The minimum Gasteiger partial charge on any atom is -0.363 e. The highest BCUT2D eigenvalue weighted by atomic mass is 15.2. The van der Waals surface area contributed by atoms with E-state index >= 15 is 0 Å². The van der Waals surface area contributed by atoms with Crippen LogP contribution in [0.15, 0.2) is 48.7 Å². The molecule has 0 saturated carbocycles. The van der Waals surface area contributed by atoms with Gasteiger partial charge in [0, 0.05) is 38.1 Å². The third kappa shape index (κ3) is 2.33. The first-order valence-electron chi connectivity index (χ1n) is 6.58. The highest BCUT2D eigenvalue weighted by Gasteiger charge is 2.23. The predicted molar refractivity (Wildman–Crippen MR) is 73.5 cm³/mol. The second kappa shape index (κ2) is 5.38. The Morgan fingerprint density at radius 2 is 1.72 bits per heavy atom. The third-order valence-electron chi connectivity index (χ3n) is 3.55. The van der Waals surface area contributed by atoms with E-state index in [0.29, 0.717) is 6.04 Å². The third-order valence-corrected chi connectivity index (χ3v) is 3.55. The molecule has 0 radical (unpaired) electrons. The molecule has 1 unspecified atom stereocenters. The Morgan fingerprint density at radius 3 is 2.39 bits per heavy atom. The summed E-state index contributed by atoms with van der Waals surface area (Å²) in [6.07, 6.45) is 2.01. The molecule has 1 aliphatic rings. The number of nitrogens with zero attached hydrogens (tertiary/aromatic N) is 1. The fourth-order valence-corrected chi connectivity index (χ4v) is 2.68. The summed E-state index contributed by atoms with van der Waals surface area (Å²) in [6.45, 7) is 4.34. The molecule has 0 bridgehead atoms. The standard InChI is InChI=1S/C15H19N3/c1-2-5-13(6-3-1)15(14-7-4-8-17-14)18-11-9-16-10-12-18/h1-8,15-17H,9-12H2. The van der Waals surface area contributed by atoms with Crippen LogP contribution in [0, 0.1) is 0 Å². The largest absolute Gasteiger partial charge is 0.363 e. The van der Waals surface area contributed by atoms with Crippen molar-refractivity contribution in [3.8, 4) is 0 Å². The molecule has 1 aromatic heterocycles.